The first-order valence-corrected chi connectivity index (χ1v) is 20.1. The third-order valence-electron chi connectivity index (χ3n) is 9.21. The summed E-state index contributed by atoms with van der Waals surface area (Å²) in [5.41, 5.74) is 3.50. The number of carbonyl (C=O) groups excluding carboxylic acids is 1. The standard InChI is InChI=1S/C39H62N4O4S/c1-6-7-8-9-10-11-12-13-14-15-16-17-18-19-20-21-28-47-39(44)37(29-31(2)3)43(5)48(45,46)34-24-22-33(23-25-34)30-36-38-35(26-27-40-36)41-32(4)42-38/h22-27,31,37H,6-21,28-30H2,1-5H3,(H,41,42)/t37-/m0/s1. The molecule has 0 bridgehead atoms. The van der Waals surface area contributed by atoms with Crippen molar-refractivity contribution in [1.82, 2.24) is 19.3 Å². The zero-order chi connectivity index (χ0) is 34.8. The molecule has 3 rings (SSSR count). The Bertz CT molecular complexity index is 1450. The van der Waals surface area contributed by atoms with Gasteiger partial charge >= 0.3 is 5.97 Å². The third-order valence-corrected chi connectivity index (χ3v) is 11.1. The van der Waals surface area contributed by atoms with Crippen LogP contribution in [0.1, 0.15) is 147 Å². The second-order valence-electron chi connectivity index (χ2n) is 13.9. The fraction of sp³-hybridized carbons (Fsp3) is 0.667. The number of nitrogens with one attached hydrogen (secondary N) is 1. The molecule has 2 aromatic heterocycles. The molecule has 1 N–H and O–H groups in total. The average Bonchev–Trinajstić information content (AvgIpc) is 3.46. The Labute approximate surface area is 290 Å². The van der Waals surface area contributed by atoms with Gasteiger partial charge in [-0.3, -0.25) is 9.78 Å². The molecule has 0 unspecified atom stereocenters. The number of hydrogen-bond acceptors (Lipinski definition) is 6. The smallest absolute Gasteiger partial charge is 0.324 e. The van der Waals surface area contributed by atoms with Crippen LogP contribution in [0.4, 0.5) is 0 Å². The number of benzene rings is 1. The normalized spacial score (nSPS) is 12.7. The van der Waals surface area contributed by atoms with Gasteiger partial charge in [0.1, 0.15) is 17.4 Å². The number of rotatable bonds is 25. The van der Waals surface area contributed by atoms with Crippen molar-refractivity contribution in [2.75, 3.05) is 13.7 Å². The summed E-state index contributed by atoms with van der Waals surface area (Å²) in [5.74, 6) is 0.475. The summed E-state index contributed by atoms with van der Waals surface area (Å²) in [6.45, 7) is 8.47. The molecule has 0 aliphatic carbocycles. The van der Waals surface area contributed by atoms with Crippen LogP contribution in [0.3, 0.4) is 0 Å². The van der Waals surface area contributed by atoms with Gasteiger partial charge < -0.3 is 9.72 Å². The Morgan fingerprint density at radius 1 is 0.833 bits per heavy atom. The molecule has 268 valence electrons. The van der Waals surface area contributed by atoms with Crippen LogP contribution in [0.15, 0.2) is 41.4 Å². The molecule has 3 aromatic rings. The summed E-state index contributed by atoms with van der Waals surface area (Å²) < 4.78 is 34.1. The van der Waals surface area contributed by atoms with E-state index < -0.39 is 22.0 Å². The minimum absolute atomic E-state index is 0.124. The van der Waals surface area contributed by atoms with Gasteiger partial charge in [0.2, 0.25) is 10.0 Å². The molecule has 0 saturated carbocycles. The number of sulfonamides is 1. The number of fused-ring (bicyclic) bond motifs is 1. The summed E-state index contributed by atoms with van der Waals surface area (Å²) in [5, 5.41) is 0. The monoisotopic (exact) mass is 682 g/mol. The number of aromatic amines is 1. The number of ether oxygens (including phenoxy) is 1. The van der Waals surface area contributed by atoms with Crippen LogP contribution in [-0.4, -0.2) is 53.3 Å². The number of carbonyl (C=O) groups is 1. The number of aromatic nitrogens is 3. The molecular weight excluding hydrogens is 621 g/mol. The quantitative estimate of drug-likeness (QED) is 0.0705. The Morgan fingerprint density at radius 2 is 1.38 bits per heavy atom. The van der Waals surface area contributed by atoms with E-state index >= 15 is 0 Å². The van der Waals surface area contributed by atoms with E-state index in [0.29, 0.717) is 19.4 Å². The van der Waals surface area contributed by atoms with E-state index in [4.69, 9.17) is 4.74 Å². The van der Waals surface area contributed by atoms with E-state index in [1.54, 1.807) is 30.5 Å². The third kappa shape index (κ3) is 13.3. The van der Waals surface area contributed by atoms with E-state index in [2.05, 4.69) is 21.9 Å². The van der Waals surface area contributed by atoms with Crippen molar-refractivity contribution in [3.8, 4) is 0 Å². The van der Waals surface area contributed by atoms with Crippen molar-refractivity contribution >= 4 is 27.0 Å². The molecule has 1 aromatic carbocycles. The first kappa shape index (κ1) is 39.7. The van der Waals surface area contributed by atoms with Crippen LogP contribution in [-0.2, 0) is 26.0 Å². The van der Waals surface area contributed by atoms with Crippen LogP contribution < -0.4 is 0 Å². The Balaban J connectivity index is 1.38. The lowest BCUT2D eigenvalue weighted by Crippen LogP contribution is -2.44. The number of hydrogen-bond donors (Lipinski definition) is 1. The molecule has 0 radical (unpaired) electrons. The molecule has 0 fully saturated rings. The van der Waals surface area contributed by atoms with Gasteiger partial charge in [0.15, 0.2) is 0 Å². The number of pyridine rings is 1. The summed E-state index contributed by atoms with van der Waals surface area (Å²) in [7, 11) is -2.43. The number of esters is 1. The first-order chi connectivity index (χ1) is 23.1. The molecule has 1 atom stereocenters. The van der Waals surface area contributed by atoms with Crippen molar-refractivity contribution in [3.63, 3.8) is 0 Å². The molecule has 2 heterocycles. The highest BCUT2D eigenvalue weighted by molar-refractivity contribution is 7.89. The second-order valence-corrected chi connectivity index (χ2v) is 15.9. The van der Waals surface area contributed by atoms with Gasteiger partial charge in [-0.05, 0) is 49.4 Å². The molecular formula is C39H62N4O4S. The fourth-order valence-corrected chi connectivity index (χ4v) is 7.63. The molecule has 8 nitrogen and oxygen atoms in total. The zero-order valence-electron chi connectivity index (χ0n) is 30.4. The van der Waals surface area contributed by atoms with Crippen molar-refractivity contribution in [2.45, 2.75) is 154 Å². The molecule has 9 heteroatoms. The summed E-state index contributed by atoms with van der Waals surface area (Å²) in [6, 6.07) is 7.82. The first-order valence-electron chi connectivity index (χ1n) is 18.7. The molecule has 0 amide bonds. The second kappa shape index (κ2) is 21.3. The topological polar surface area (TPSA) is 105 Å². The molecule has 48 heavy (non-hydrogen) atoms. The van der Waals surface area contributed by atoms with E-state index in [1.165, 1.54) is 94.8 Å². The number of nitrogens with zero attached hydrogens (tertiary/aromatic N) is 3. The highest BCUT2D eigenvalue weighted by Gasteiger charge is 2.34. The zero-order valence-corrected chi connectivity index (χ0v) is 31.3. The van der Waals surface area contributed by atoms with Crippen molar-refractivity contribution in [3.05, 3.63) is 53.6 Å². The summed E-state index contributed by atoms with van der Waals surface area (Å²) in [6.07, 6.45) is 23.2. The Kier molecular flexibility index (Phi) is 17.6. The van der Waals surface area contributed by atoms with Gasteiger partial charge in [-0.1, -0.05) is 129 Å². The Morgan fingerprint density at radius 3 is 1.92 bits per heavy atom. The highest BCUT2D eigenvalue weighted by Crippen LogP contribution is 2.24. The van der Waals surface area contributed by atoms with E-state index in [9.17, 15) is 13.2 Å². The number of likely N-dealkylation sites (N-methyl/N-ethyl adjacent to an activating group) is 1. The molecule has 0 aliphatic rings. The van der Waals surface area contributed by atoms with Crippen LogP contribution in [0.5, 0.6) is 0 Å². The van der Waals surface area contributed by atoms with Gasteiger partial charge in [0.05, 0.1) is 22.7 Å². The lowest BCUT2D eigenvalue weighted by Gasteiger charge is -2.27. The predicted molar refractivity (Wildman–Crippen MR) is 197 cm³/mol. The van der Waals surface area contributed by atoms with Crippen molar-refractivity contribution in [2.24, 2.45) is 5.92 Å². The van der Waals surface area contributed by atoms with Crippen molar-refractivity contribution < 1.29 is 17.9 Å². The number of aryl methyl sites for hydroxylation is 1. The van der Waals surface area contributed by atoms with Crippen LogP contribution in [0, 0.1) is 12.8 Å². The average molecular weight is 683 g/mol. The minimum atomic E-state index is -3.91. The van der Waals surface area contributed by atoms with Gasteiger partial charge in [-0.15, -0.1) is 0 Å². The lowest BCUT2D eigenvalue weighted by molar-refractivity contribution is -0.148. The Hall–Kier alpha value is -2.78. The SMILES string of the molecule is CCCCCCCCCCCCCCCCCCOC(=O)[C@H](CC(C)C)N(C)S(=O)(=O)c1ccc(Cc2nccc3[nH]c(C)nc23)cc1. The lowest BCUT2D eigenvalue weighted by atomic mass is 10.0. The maximum atomic E-state index is 13.6. The fourth-order valence-electron chi connectivity index (χ4n) is 6.31. The molecule has 0 saturated heterocycles. The van der Waals surface area contributed by atoms with Gasteiger partial charge in [0, 0.05) is 19.7 Å². The number of H-pyrrole nitrogens is 1. The maximum Gasteiger partial charge on any atom is 0.324 e. The van der Waals surface area contributed by atoms with Gasteiger partial charge in [0.25, 0.3) is 0 Å². The summed E-state index contributed by atoms with van der Waals surface area (Å²) >= 11 is 0. The molecule has 0 spiro atoms. The number of imidazole rings is 1. The predicted octanol–water partition coefficient (Wildman–Crippen LogP) is 9.70. The van der Waals surface area contributed by atoms with Crippen LogP contribution >= 0.6 is 0 Å². The van der Waals surface area contributed by atoms with E-state index in [-0.39, 0.29) is 10.8 Å². The maximum absolute atomic E-state index is 13.6. The van der Waals surface area contributed by atoms with Gasteiger partial charge in [-0.25, -0.2) is 13.4 Å². The summed E-state index contributed by atoms with van der Waals surface area (Å²) in [4.78, 5) is 25.6. The van der Waals surface area contributed by atoms with Gasteiger partial charge in [-0.2, -0.15) is 4.31 Å². The number of unbranched alkanes of at least 4 members (excludes halogenated alkanes) is 15. The van der Waals surface area contributed by atoms with Crippen LogP contribution in [0.2, 0.25) is 0 Å². The van der Waals surface area contributed by atoms with Crippen molar-refractivity contribution in [1.29, 1.82) is 0 Å². The van der Waals surface area contributed by atoms with E-state index in [0.717, 1.165) is 47.4 Å². The highest BCUT2D eigenvalue weighted by atomic mass is 32.2. The van der Waals surface area contributed by atoms with E-state index in [1.807, 2.05) is 26.8 Å². The molecule has 0 aliphatic heterocycles. The minimum Gasteiger partial charge on any atom is -0.464 e. The van der Waals surface area contributed by atoms with Crippen LogP contribution in [0.25, 0.3) is 11.0 Å². The largest absolute Gasteiger partial charge is 0.464 e.